The molecular weight excluding hydrogens is 247 g/mol. The van der Waals surface area contributed by atoms with E-state index in [9.17, 15) is 18.0 Å². The Morgan fingerprint density at radius 3 is 2.78 bits per heavy atom. The van der Waals surface area contributed by atoms with E-state index in [1.54, 1.807) is 17.6 Å². The summed E-state index contributed by atoms with van der Waals surface area (Å²) >= 11 is 0. The summed E-state index contributed by atoms with van der Waals surface area (Å²) in [7, 11) is 0. The van der Waals surface area contributed by atoms with Crippen LogP contribution in [-0.4, -0.2) is 26.5 Å². The first-order valence-corrected chi connectivity index (χ1v) is 5.32. The second kappa shape index (κ2) is 4.40. The van der Waals surface area contributed by atoms with Gasteiger partial charge in [-0.3, -0.25) is 9.78 Å². The highest BCUT2D eigenvalue weighted by atomic mass is 19.4. The summed E-state index contributed by atoms with van der Waals surface area (Å²) in [6, 6.07) is 1.66. The molecule has 0 aliphatic carbocycles. The SMILES string of the molecule is CCn1c(CC(=O)C(F)(F)F)nc2cnccc21. The van der Waals surface area contributed by atoms with Gasteiger partial charge in [-0.25, -0.2) is 4.98 Å². The molecule has 0 amide bonds. The van der Waals surface area contributed by atoms with Crippen molar-refractivity contribution in [3.63, 3.8) is 0 Å². The van der Waals surface area contributed by atoms with Gasteiger partial charge in [-0.2, -0.15) is 13.2 Å². The van der Waals surface area contributed by atoms with Gasteiger partial charge in [-0.1, -0.05) is 0 Å². The minimum atomic E-state index is -4.82. The number of hydrogen-bond donors (Lipinski definition) is 0. The Bertz CT molecular complexity index is 589. The van der Waals surface area contributed by atoms with Crippen LogP contribution in [0.15, 0.2) is 18.5 Å². The van der Waals surface area contributed by atoms with Crippen LogP contribution < -0.4 is 0 Å². The molecule has 0 saturated carbocycles. The number of nitrogens with zero attached hydrogens (tertiary/aromatic N) is 3. The van der Waals surface area contributed by atoms with Crippen molar-refractivity contribution < 1.29 is 18.0 Å². The Morgan fingerprint density at radius 2 is 2.17 bits per heavy atom. The number of fused-ring (bicyclic) bond motifs is 1. The van der Waals surface area contributed by atoms with E-state index in [1.165, 1.54) is 12.4 Å². The predicted octanol–water partition coefficient (Wildman–Crippen LogP) is 2.13. The Labute approximate surface area is 100 Å². The second-order valence-electron chi connectivity index (χ2n) is 3.73. The number of ketones is 1. The normalized spacial score (nSPS) is 12.0. The van der Waals surface area contributed by atoms with Crippen molar-refractivity contribution in [3.8, 4) is 0 Å². The smallest absolute Gasteiger partial charge is 0.328 e. The maximum atomic E-state index is 12.2. The summed E-state index contributed by atoms with van der Waals surface area (Å²) in [5, 5.41) is 0. The molecule has 0 saturated heterocycles. The van der Waals surface area contributed by atoms with Crippen LogP contribution in [-0.2, 0) is 17.8 Å². The molecule has 0 unspecified atom stereocenters. The maximum absolute atomic E-state index is 12.2. The highest BCUT2D eigenvalue weighted by Gasteiger charge is 2.38. The molecule has 18 heavy (non-hydrogen) atoms. The van der Waals surface area contributed by atoms with E-state index in [0.717, 1.165) is 0 Å². The average Bonchev–Trinajstić information content (AvgIpc) is 2.64. The van der Waals surface area contributed by atoms with Gasteiger partial charge in [0, 0.05) is 12.7 Å². The molecule has 0 spiro atoms. The van der Waals surface area contributed by atoms with Crippen molar-refractivity contribution in [1.82, 2.24) is 14.5 Å². The highest BCUT2D eigenvalue weighted by molar-refractivity contribution is 5.86. The number of imidazole rings is 1. The quantitative estimate of drug-likeness (QED) is 0.846. The molecule has 7 heteroatoms. The van der Waals surface area contributed by atoms with Gasteiger partial charge in [0.1, 0.15) is 11.3 Å². The lowest BCUT2D eigenvalue weighted by atomic mass is 10.2. The summed E-state index contributed by atoms with van der Waals surface area (Å²) in [5.74, 6) is -1.68. The minimum Gasteiger partial charge on any atom is -0.328 e. The predicted molar refractivity (Wildman–Crippen MR) is 58.0 cm³/mol. The first-order valence-electron chi connectivity index (χ1n) is 5.32. The molecule has 2 heterocycles. The topological polar surface area (TPSA) is 47.8 Å². The summed E-state index contributed by atoms with van der Waals surface area (Å²) in [4.78, 5) is 18.8. The molecular formula is C11H10F3N3O. The molecule has 2 rings (SSSR count). The molecule has 96 valence electrons. The lowest BCUT2D eigenvalue weighted by molar-refractivity contribution is -0.170. The van der Waals surface area contributed by atoms with Crippen LogP contribution in [0.5, 0.6) is 0 Å². The highest BCUT2D eigenvalue weighted by Crippen LogP contribution is 2.21. The van der Waals surface area contributed by atoms with E-state index >= 15 is 0 Å². The third-order valence-electron chi connectivity index (χ3n) is 2.58. The van der Waals surface area contributed by atoms with Crippen molar-refractivity contribution in [1.29, 1.82) is 0 Å². The van der Waals surface area contributed by atoms with Crippen LogP contribution in [0.3, 0.4) is 0 Å². The van der Waals surface area contributed by atoms with E-state index in [-0.39, 0.29) is 5.82 Å². The second-order valence-corrected chi connectivity index (χ2v) is 3.73. The van der Waals surface area contributed by atoms with Gasteiger partial charge in [0.05, 0.1) is 18.1 Å². The number of aromatic nitrogens is 3. The number of Topliss-reactive ketones (excluding diaryl/α,β-unsaturated/α-hetero) is 1. The fraction of sp³-hybridized carbons (Fsp3) is 0.364. The van der Waals surface area contributed by atoms with E-state index in [4.69, 9.17) is 0 Å². The number of pyridine rings is 1. The largest absolute Gasteiger partial charge is 0.450 e. The van der Waals surface area contributed by atoms with Crippen molar-refractivity contribution in [2.75, 3.05) is 0 Å². The monoisotopic (exact) mass is 257 g/mol. The van der Waals surface area contributed by atoms with Gasteiger partial charge in [-0.15, -0.1) is 0 Å². The Hall–Kier alpha value is -1.92. The number of carbonyl (C=O) groups excluding carboxylic acids is 1. The Kier molecular flexibility index (Phi) is 3.06. The summed E-state index contributed by atoms with van der Waals surface area (Å²) < 4.78 is 38.3. The van der Waals surface area contributed by atoms with Crippen LogP contribution in [0.1, 0.15) is 12.7 Å². The molecule has 2 aromatic heterocycles. The Morgan fingerprint density at radius 1 is 1.44 bits per heavy atom. The number of rotatable bonds is 3. The number of alkyl halides is 3. The van der Waals surface area contributed by atoms with E-state index < -0.39 is 18.4 Å². The molecule has 0 N–H and O–H groups in total. The lowest BCUT2D eigenvalue weighted by Crippen LogP contribution is -2.26. The van der Waals surface area contributed by atoms with Crippen LogP contribution >= 0.6 is 0 Å². The van der Waals surface area contributed by atoms with Crippen molar-refractivity contribution in [2.45, 2.75) is 26.1 Å². The summed E-state index contributed by atoms with van der Waals surface area (Å²) in [5.41, 5.74) is 1.17. The third-order valence-corrected chi connectivity index (χ3v) is 2.58. The van der Waals surface area contributed by atoms with Gasteiger partial charge < -0.3 is 4.57 Å². The zero-order chi connectivity index (χ0) is 13.3. The molecule has 0 aliphatic heterocycles. The van der Waals surface area contributed by atoms with Crippen LogP contribution in [0, 0.1) is 0 Å². The molecule has 0 radical (unpaired) electrons. The standard InChI is InChI=1S/C11H10F3N3O/c1-2-17-8-3-4-15-6-7(8)16-10(17)5-9(18)11(12,13)14/h3-4,6H,2,5H2,1H3. The molecule has 0 fully saturated rings. The van der Waals surface area contributed by atoms with Crippen molar-refractivity contribution >= 4 is 16.8 Å². The van der Waals surface area contributed by atoms with Crippen molar-refractivity contribution in [2.24, 2.45) is 0 Å². The van der Waals surface area contributed by atoms with E-state index in [2.05, 4.69) is 9.97 Å². The number of hydrogen-bond acceptors (Lipinski definition) is 3. The molecule has 0 aromatic carbocycles. The minimum absolute atomic E-state index is 0.114. The van der Waals surface area contributed by atoms with E-state index in [1.807, 2.05) is 0 Å². The molecule has 0 bridgehead atoms. The van der Waals surface area contributed by atoms with Crippen LogP contribution in [0.25, 0.3) is 11.0 Å². The Balaban J connectivity index is 2.42. The number of halogens is 3. The number of aryl methyl sites for hydroxylation is 1. The average molecular weight is 257 g/mol. The van der Waals surface area contributed by atoms with E-state index in [0.29, 0.717) is 17.6 Å². The lowest BCUT2D eigenvalue weighted by Gasteiger charge is -2.07. The zero-order valence-corrected chi connectivity index (χ0v) is 9.53. The molecule has 4 nitrogen and oxygen atoms in total. The summed E-state index contributed by atoms with van der Waals surface area (Å²) in [6.07, 6.45) is -2.57. The third kappa shape index (κ3) is 2.20. The van der Waals surface area contributed by atoms with Crippen LogP contribution in [0.2, 0.25) is 0 Å². The van der Waals surface area contributed by atoms with Crippen molar-refractivity contribution in [3.05, 3.63) is 24.3 Å². The fourth-order valence-electron chi connectivity index (χ4n) is 1.76. The first-order chi connectivity index (χ1) is 8.43. The van der Waals surface area contributed by atoms with Gasteiger partial charge >= 0.3 is 6.18 Å². The molecule has 0 atom stereocenters. The first kappa shape index (κ1) is 12.5. The number of carbonyl (C=O) groups is 1. The maximum Gasteiger partial charge on any atom is 0.450 e. The van der Waals surface area contributed by atoms with Gasteiger partial charge in [0.2, 0.25) is 5.78 Å². The van der Waals surface area contributed by atoms with Gasteiger partial charge in [0.15, 0.2) is 0 Å². The van der Waals surface area contributed by atoms with Gasteiger partial charge in [0.25, 0.3) is 0 Å². The summed E-state index contributed by atoms with van der Waals surface area (Å²) in [6.45, 7) is 2.23. The molecule has 0 aliphatic rings. The fourth-order valence-corrected chi connectivity index (χ4v) is 1.76. The zero-order valence-electron chi connectivity index (χ0n) is 9.53. The van der Waals surface area contributed by atoms with Gasteiger partial charge in [-0.05, 0) is 13.0 Å². The molecule has 2 aromatic rings. The van der Waals surface area contributed by atoms with Crippen LogP contribution in [0.4, 0.5) is 13.2 Å².